The van der Waals surface area contributed by atoms with E-state index in [-0.39, 0.29) is 6.61 Å². The number of hydroxylamine groups is 2. The first-order valence-corrected chi connectivity index (χ1v) is 4.84. The smallest absolute Gasteiger partial charge is 0.434 e. The number of carbonyl (C=O) groups excluding carboxylic acids is 1. The number of hydrogen-bond donors (Lipinski definition) is 1. The second-order valence-corrected chi connectivity index (χ2v) is 4.99. The summed E-state index contributed by atoms with van der Waals surface area (Å²) in [6.07, 6.45) is -0.580. The fourth-order valence-corrected chi connectivity index (χ4v) is 0.763. The molecule has 1 amide bonds. The van der Waals surface area contributed by atoms with E-state index >= 15 is 0 Å². The monoisotopic (exact) mass is 219 g/mol. The van der Waals surface area contributed by atoms with Gasteiger partial charge in [-0.25, -0.2) is 4.79 Å². The van der Waals surface area contributed by atoms with Crippen LogP contribution < -0.4 is 0 Å². The molecule has 0 saturated heterocycles. The quantitative estimate of drug-likeness (QED) is 0.732. The average Bonchev–Trinajstić information content (AvgIpc) is 2.00. The molecule has 0 aliphatic rings. The van der Waals surface area contributed by atoms with E-state index in [9.17, 15) is 4.79 Å². The zero-order valence-corrected chi connectivity index (χ0v) is 10.3. The predicted octanol–water partition coefficient (Wildman–Crippen LogP) is 1.56. The van der Waals surface area contributed by atoms with Crippen LogP contribution >= 0.6 is 0 Å². The topological polar surface area (TPSA) is 59.0 Å². The van der Waals surface area contributed by atoms with Crippen molar-refractivity contribution in [2.45, 2.75) is 45.8 Å². The highest BCUT2D eigenvalue weighted by Gasteiger charge is 2.26. The van der Waals surface area contributed by atoms with Crippen LogP contribution in [-0.4, -0.2) is 41.1 Å². The summed E-state index contributed by atoms with van der Waals surface area (Å²) in [6, 6.07) is 0. The summed E-state index contributed by atoms with van der Waals surface area (Å²) in [5.74, 6) is 0. The maximum Gasteiger partial charge on any atom is 0.434 e. The molecule has 0 atom stereocenters. The lowest BCUT2D eigenvalue weighted by Crippen LogP contribution is -2.42. The van der Waals surface area contributed by atoms with Gasteiger partial charge in [-0.15, -0.1) is 0 Å². The molecule has 0 unspecified atom stereocenters. The van der Waals surface area contributed by atoms with Gasteiger partial charge in [0.2, 0.25) is 0 Å². The summed E-state index contributed by atoms with van der Waals surface area (Å²) in [5, 5.41) is 9.94. The first-order valence-electron chi connectivity index (χ1n) is 4.84. The molecule has 90 valence electrons. The Balaban J connectivity index is 4.23. The van der Waals surface area contributed by atoms with Gasteiger partial charge in [0.1, 0.15) is 11.2 Å². The zero-order valence-electron chi connectivity index (χ0n) is 10.3. The van der Waals surface area contributed by atoms with Crippen molar-refractivity contribution in [3.8, 4) is 0 Å². The molecule has 5 heteroatoms. The Kier molecular flexibility index (Phi) is 4.55. The molecule has 0 rings (SSSR count). The van der Waals surface area contributed by atoms with E-state index in [0.717, 1.165) is 5.06 Å². The molecule has 0 saturated carbocycles. The van der Waals surface area contributed by atoms with Gasteiger partial charge in [0.05, 0.1) is 6.61 Å². The minimum atomic E-state index is -0.800. The maximum absolute atomic E-state index is 11.4. The van der Waals surface area contributed by atoms with Crippen molar-refractivity contribution in [1.82, 2.24) is 5.06 Å². The van der Waals surface area contributed by atoms with Gasteiger partial charge in [-0.2, -0.15) is 5.06 Å². The SMILES string of the molecule is CN(OC(C)(C)CO)C(=O)OC(C)(C)C. The lowest BCUT2D eigenvalue weighted by Gasteiger charge is -2.30. The van der Waals surface area contributed by atoms with Crippen LogP contribution in [0.4, 0.5) is 4.79 Å². The van der Waals surface area contributed by atoms with Gasteiger partial charge in [-0.05, 0) is 34.6 Å². The molecule has 0 aromatic rings. The van der Waals surface area contributed by atoms with E-state index in [4.69, 9.17) is 14.7 Å². The summed E-state index contributed by atoms with van der Waals surface area (Å²) in [5.41, 5.74) is -1.36. The van der Waals surface area contributed by atoms with Crippen molar-refractivity contribution in [2.24, 2.45) is 0 Å². The Hall–Kier alpha value is -0.810. The number of aliphatic hydroxyl groups excluding tert-OH is 1. The third-order valence-electron chi connectivity index (χ3n) is 1.42. The summed E-state index contributed by atoms with van der Waals surface area (Å²) >= 11 is 0. The molecule has 1 N–H and O–H groups in total. The molecule has 0 heterocycles. The fraction of sp³-hybridized carbons (Fsp3) is 0.900. The van der Waals surface area contributed by atoms with Crippen molar-refractivity contribution >= 4 is 6.09 Å². The van der Waals surface area contributed by atoms with Crippen LogP contribution in [0.15, 0.2) is 0 Å². The summed E-state index contributed by atoms with van der Waals surface area (Å²) in [6.45, 7) is 8.49. The molecule has 0 fully saturated rings. The van der Waals surface area contributed by atoms with Crippen LogP contribution in [0, 0.1) is 0 Å². The van der Waals surface area contributed by atoms with E-state index in [1.807, 2.05) is 0 Å². The van der Waals surface area contributed by atoms with Crippen molar-refractivity contribution in [3.05, 3.63) is 0 Å². The van der Waals surface area contributed by atoms with Crippen molar-refractivity contribution in [1.29, 1.82) is 0 Å². The van der Waals surface area contributed by atoms with Crippen molar-refractivity contribution < 1.29 is 19.5 Å². The van der Waals surface area contributed by atoms with E-state index < -0.39 is 17.3 Å². The van der Waals surface area contributed by atoms with E-state index in [0.29, 0.717) is 0 Å². The van der Waals surface area contributed by atoms with Crippen LogP contribution in [0.2, 0.25) is 0 Å². The minimum absolute atomic E-state index is 0.180. The lowest BCUT2D eigenvalue weighted by atomic mass is 10.2. The molecule has 0 bridgehead atoms. The highest BCUT2D eigenvalue weighted by atomic mass is 16.7. The molecule has 0 spiro atoms. The largest absolute Gasteiger partial charge is 0.442 e. The molecule has 5 nitrogen and oxygen atoms in total. The number of hydrogen-bond acceptors (Lipinski definition) is 4. The third-order valence-corrected chi connectivity index (χ3v) is 1.42. The first kappa shape index (κ1) is 14.2. The predicted molar refractivity (Wildman–Crippen MR) is 56.2 cm³/mol. The lowest BCUT2D eigenvalue weighted by molar-refractivity contribution is -0.215. The Morgan fingerprint density at radius 1 is 1.27 bits per heavy atom. The Labute approximate surface area is 90.9 Å². The second kappa shape index (κ2) is 4.81. The van der Waals surface area contributed by atoms with Crippen molar-refractivity contribution in [3.63, 3.8) is 0 Å². The van der Waals surface area contributed by atoms with Crippen LogP contribution in [0.25, 0.3) is 0 Å². The van der Waals surface area contributed by atoms with E-state index in [1.54, 1.807) is 34.6 Å². The molecule has 0 aromatic carbocycles. The Morgan fingerprint density at radius 2 is 1.73 bits per heavy atom. The van der Waals surface area contributed by atoms with Gasteiger partial charge in [-0.1, -0.05) is 0 Å². The van der Waals surface area contributed by atoms with E-state index in [1.165, 1.54) is 7.05 Å². The van der Waals surface area contributed by atoms with Gasteiger partial charge in [0.25, 0.3) is 0 Å². The van der Waals surface area contributed by atoms with Gasteiger partial charge in [-0.3, -0.25) is 4.84 Å². The molecule has 15 heavy (non-hydrogen) atoms. The molecule has 0 aliphatic carbocycles. The van der Waals surface area contributed by atoms with Crippen LogP contribution in [0.3, 0.4) is 0 Å². The number of rotatable bonds is 3. The maximum atomic E-state index is 11.4. The normalized spacial score (nSPS) is 12.5. The van der Waals surface area contributed by atoms with Gasteiger partial charge >= 0.3 is 6.09 Å². The summed E-state index contributed by atoms with van der Waals surface area (Å²) < 4.78 is 5.07. The zero-order chi connectivity index (χ0) is 12.3. The Morgan fingerprint density at radius 3 is 2.07 bits per heavy atom. The average molecular weight is 219 g/mol. The summed E-state index contributed by atoms with van der Waals surface area (Å²) in [7, 11) is 1.45. The Bertz CT molecular complexity index is 220. The first-order chi connectivity index (χ1) is 6.57. The number of amides is 1. The van der Waals surface area contributed by atoms with Crippen LogP contribution in [-0.2, 0) is 9.57 Å². The standard InChI is InChI=1S/C10H21NO4/c1-9(2,3)14-8(13)11(6)15-10(4,5)7-12/h12H,7H2,1-6H3. The minimum Gasteiger partial charge on any atom is -0.442 e. The highest BCUT2D eigenvalue weighted by Crippen LogP contribution is 2.13. The summed E-state index contributed by atoms with van der Waals surface area (Å²) in [4.78, 5) is 16.7. The number of nitrogens with zero attached hydrogens (tertiary/aromatic N) is 1. The molecule has 0 aliphatic heterocycles. The third kappa shape index (κ3) is 6.30. The van der Waals surface area contributed by atoms with Gasteiger partial charge in [0.15, 0.2) is 0 Å². The van der Waals surface area contributed by atoms with Crippen LogP contribution in [0.5, 0.6) is 0 Å². The van der Waals surface area contributed by atoms with Crippen LogP contribution in [0.1, 0.15) is 34.6 Å². The van der Waals surface area contributed by atoms with Gasteiger partial charge in [0, 0.05) is 7.05 Å². The molecule has 0 aromatic heterocycles. The number of carbonyl (C=O) groups is 1. The molecular formula is C10H21NO4. The number of aliphatic hydroxyl groups is 1. The molecule has 0 radical (unpaired) electrons. The molecular weight excluding hydrogens is 198 g/mol. The second-order valence-electron chi connectivity index (χ2n) is 4.99. The highest BCUT2D eigenvalue weighted by molar-refractivity contribution is 5.66. The number of ether oxygens (including phenoxy) is 1. The van der Waals surface area contributed by atoms with E-state index in [2.05, 4.69) is 0 Å². The van der Waals surface area contributed by atoms with Gasteiger partial charge < -0.3 is 9.84 Å². The van der Waals surface area contributed by atoms with Crippen molar-refractivity contribution in [2.75, 3.05) is 13.7 Å². The fourth-order valence-electron chi connectivity index (χ4n) is 0.763.